The van der Waals surface area contributed by atoms with Crippen LogP contribution in [0.1, 0.15) is 0 Å². The molecule has 1 aliphatic heterocycles. The number of aromatic nitrogens is 1. The van der Waals surface area contributed by atoms with Gasteiger partial charge in [-0.05, 0) is 18.2 Å². The first kappa shape index (κ1) is 7.79. The summed E-state index contributed by atoms with van der Waals surface area (Å²) < 4.78 is 0. The van der Waals surface area contributed by atoms with E-state index < -0.39 is 0 Å². The number of nitrogens with zero attached hydrogens (tertiary/aromatic N) is 3. The largest absolute Gasteiger partial charge is 0.382 e. The number of rotatable bonds is 1. The molecule has 1 aliphatic rings. The van der Waals surface area contributed by atoms with Gasteiger partial charge in [0, 0.05) is 18.6 Å². The predicted octanol–water partition coefficient (Wildman–Crippen LogP) is 1.03. The van der Waals surface area contributed by atoms with E-state index in [1.807, 2.05) is 29.3 Å². The molecule has 0 aliphatic carbocycles. The van der Waals surface area contributed by atoms with Gasteiger partial charge < -0.3 is 10.6 Å². The van der Waals surface area contributed by atoms with Gasteiger partial charge in [-0.3, -0.25) is 4.99 Å². The third-order valence-electron chi connectivity index (χ3n) is 1.82. The highest BCUT2D eigenvalue weighted by atomic mass is 15.2. The van der Waals surface area contributed by atoms with Gasteiger partial charge in [0.2, 0.25) is 0 Å². The van der Waals surface area contributed by atoms with Gasteiger partial charge in [0.05, 0.1) is 5.69 Å². The van der Waals surface area contributed by atoms with Crippen molar-refractivity contribution in [3.8, 4) is 0 Å². The van der Waals surface area contributed by atoms with Crippen molar-refractivity contribution in [1.29, 1.82) is 0 Å². The molecule has 0 saturated carbocycles. The molecule has 66 valence electrons. The highest BCUT2D eigenvalue weighted by Gasteiger charge is 2.07. The van der Waals surface area contributed by atoms with Gasteiger partial charge in [-0.25, -0.2) is 4.98 Å². The molecule has 0 saturated heterocycles. The molecule has 4 nitrogen and oxygen atoms in total. The van der Waals surface area contributed by atoms with E-state index in [1.54, 1.807) is 12.4 Å². The van der Waals surface area contributed by atoms with E-state index >= 15 is 0 Å². The van der Waals surface area contributed by atoms with Crippen LogP contribution in [0, 0.1) is 0 Å². The van der Waals surface area contributed by atoms with Crippen molar-refractivity contribution < 1.29 is 0 Å². The normalized spacial score (nSPS) is 14.9. The summed E-state index contributed by atoms with van der Waals surface area (Å²) in [4.78, 5) is 10.1. The molecule has 0 aromatic carbocycles. The second kappa shape index (κ2) is 3.26. The Hall–Kier alpha value is -1.84. The summed E-state index contributed by atoms with van der Waals surface area (Å²) in [6.07, 6.45) is 7.25. The Morgan fingerprint density at radius 2 is 2.38 bits per heavy atom. The van der Waals surface area contributed by atoms with Crippen LogP contribution in [-0.4, -0.2) is 17.9 Å². The van der Waals surface area contributed by atoms with Gasteiger partial charge in [-0.1, -0.05) is 0 Å². The molecule has 0 unspecified atom stereocenters. The quantitative estimate of drug-likeness (QED) is 0.691. The minimum atomic E-state index is 0.532. The number of hydrogen-bond donors (Lipinski definition) is 1. The Kier molecular flexibility index (Phi) is 1.96. The SMILES string of the molecule is Nc1ncccc1N1C=CC=NC1. The van der Waals surface area contributed by atoms with Crippen molar-refractivity contribution in [2.45, 2.75) is 0 Å². The van der Waals surface area contributed by atoms with E-state index in [0.29, 0.717) is 12.5 Å². The monoisotopic (exact) mass is 174 g/mol. The third kappa shape index (κ3) is 1.51. The van der Waals surface area contributed by atoms with Crippen LogP contribution in [0.25, 0.3) is 0 Å². The smallest absolute Gasteiger partial charge is 0.147 e. The van der Waals surface area contributed by atoms with Crippen molar-refractivity contribution in [3.05, 3.63) is 30.6 Å². The van der Waals surface area contributed by atoms with Gasteiger partial charge >= 0.3 is 0 Å². The van der Waals surface area contributed by atoms with Crippen molar-refractivity contribution in [2.75, 3.05) is 17.3 Å². The molecule has 4 heteroatoms. The minimum absolute atomic E-state index is 0.532. The van der Waals surface area contributed by atoms with Crippen LogP contribution in [0.2, 0.25) is 0 Å². The third-order valence-corrected chi connectivity index (χ3v) is 1.82. The average molecular weight is 174 g/mol. The molecule has 2 rings (SSSR count). The van der Waals surface area contributed by atoms with E-state index in [2.05, 4.69) is 9.98 Å². The molecule has 0 spiro atoms. The maximum absolute atomic E-state index is 5.71. The van der Waals surface area contributed by atoms with E-state index in [0.717, 1.165) is 5.69 Å². The van der Waals surface area contributed by atoms with Gasteiger partial charge in [0.15, 0.2) is 0 Å². The fourth-order valence-corrected chi connectivity index (χ4v) is 1.19. The molecule has 1 aromatic rings. The highest BCUT2D eigenvalue weighted by molar-refractivity contribution is 5.75. The number of pyridine rings is 1. The molecule has 0 bridgehead atoms. The molecular weight excluding hydrogens is 164 g/mol. The van der Waals surface area contributed by atoms with Crippen LogP contribution in [0.15, 0.2) is 35.6 Å². The lowest BCUT2D eigenvalue weighted by atomic mass is 10.3. The minimum Gasteiger partial charge on any atom is -0.382 e. The fourth-order valence-electron chi connectivity index (χ4n) is 1.19. The molecular formula is C9H10N4. The molecule has 2 heterocycles. The lowest BCUT2D eigenvalue weighted by Gasteiger charge is -2.20. The van der Waals surface area contributed by atoms with Gasteiger partial charge in [-0.2, -0.15) is 0 Å². The van der Waals surface area contributed by atoms with E-state index in [4.69, 9.17) is 5.73 Å². The Labute approximate surface area is 76.4 Å². The zero-order valence-electron chi connectivity index (χ0n) is 7.09. The zero-order valence-corrected chi connectivity index (χ0v) is 7.09. The molecule has 0 fully saturated rings. The molecule has 0 amide bonds. The van der Waals surface area contributed by atoms with Gasteiger partial charge in [-0.15, -0.1) is 0 Å². The number of aliphatic imine (C=N–C) groups is 1. The highest BCUT2D eigenvalue weighted by Crippen LogP contribution is 2.20. The number of nitrogens with two attached hydrogens (primary N) is 1. The van der Waals surface area contributed by atoms with Gasteiger partial charge in [0.25, 0.3) is 0 Å². The number of allylic oxidation sites excluding steroid dienone is 1. The van der Waals surface area contributed by atoms with Crippen molar-refractivity contribution in [3.63, 3.8) is 0 Å². The molecule has 0 radical (unpaired) electrons. The first-order valence-corrected chi connectivity index (χ1v) is 4.01. The van der Waals surface area contributed by atoms with Crippen molar-refractivity contribution >= 4 is 17.7 Å². The molecule has 2 N–H and O–H groups in total. The van der Waals surface area contributed by atoms with Crippen LogP contribution in [0.4, 0.5) is 11.5 Å². The van der Waals surface area contributed by atoms with Crippen LogP contribution in [0.5, 0.6) is 0 Å². The fraction of sp³-hybridized carbons (Fsp3) is 0.111. The molecule has 1 aromatic heterocycles. The maximum atomic E-state index is 5.71. The van der Waals surface area contributed by atoms with Crippen LogP contribution >= 0.6 is 0 Å². The standard InChI is InChI=1S/C9H10N4/c10-9-8(3-1-5-12-9)13-6-2-4-11-7-13/h1-6H,7H2,(H2,10,12). The lowest BCUT2D eigenvalue weighted by Crippen LogP contribution is -2.19. The average Bonchev–Trinajstić information content (AvgIpc) is 2.20. The Morgan fingerprint density at radius 3 is 3.08 bits per heavy atom. The van der Waals surface area contributed by atoms with Gasteiger partial charge in [0.1, 0.15) is 12.5 Å². The summed E-state index contributed by atoms with van der Waals surface area (Å²) in [7, 11) is 0. The summed E-state index contributed by atoms with van der Waals surface area (Å²) in [5, 5.41) is 0. The second-order valence-electron chi connectivity index (χ2n) is 2.69. The second-order valence-corrected chi connectivity index (χ2v) is 2.69. The summed E-state index contributed by atoms with van der Waals surface area (Å²) in [5.74, 6) is 0.532. The van der Waals surface area contributed by atoms with Crippen molar-refractivity contribution in [2.24, 2.45) is 4.99 Å². The summed E-state index contributed by atoms with van der Waals surface area (Å²) in [5.41, 5.74) is 6.61. The number of hydrogen-bond acceptors (Lipinski definition) is 4. The van der Waals surface area contributed by atoms with E-state index in [-0.39, 0.29) is 0 Å². The van der Waals surface area contributed by atoms with Crippen LogP contribution in [0.3, 0.4) is 0 Å². The van der Waals surface area contributed by atoms with Crippen LogP contribution < -0.4 is 10.6 Å². The maximum Gasteiger partial charge on any atom is 0.147 e. The first-order chi connectivity index (χ1) is 6.38. The van der Waals surface area contributed by atoms with Crippen molar-refractivity contribution in [1.82, 2.24) is 4.98 Å². The summed E-state index contributed by atoms with van der Waals surface area (Å²) >= 11 is 0. The van der Waals surface area contributed by atoms with Crippen LogP contribution in [-0.2, 0) is 0 Å². The van der Waals surface area contributed by atoms with E-state index in [1.165, 1.54) is 0 Å². The molecule has 13 heavy (non-hydrogen) atoms. The number of anilines is 2. The zero-order chi connectivity index (χ0) is 9.10. The molecule has 0 atom stereocenters. The first-order valence-electron chi connectivity index (χ1n) is 4.01. The number of nitrogen functional groups attached to an aromatic ring is 1. The Balaban J connectivity index is 2.30. The Morgan fingerprint density at radius 1 is 1.46 bits per heavy atom. The topological polar surface area (TPSA) is 54.5 Å². The summed E-state index contributed by atoms with van der Waals surface area (Å²) in [6.45, 7) is 0.604. The summed E-state index contributed by atoms with van der Waals surface area (Å²) in [6, 6.07) is 3.78. The van der Waals surface area contributed by atoms with E-state index in [9.17, 15) is 0 Å². The predicted molar refractivity (Wildman–Crippen MR) is 53.6 cm³/mol. The lowest BCUT2D eigenvalue weighted by molar-refractivity contribution is 0.967. The Bertz CT molecular complexity index is 356.